The van der Waals surface area contributed by atoms with E-state index in [4.69, 9.17) is 16.3 Å². The first-order valence-electron chi connectivity index (χ1n) is 13.1. The number of aromatic amines is 1. The van der Waals surface area contributed by atoms with E-state index in [9.17, 15) is 24.8 Å². The molecule has 0 bridgehead atoms. The number of H-pyrrole nitrogens is 1. The molecule has 0 saturated heterocycles. The Kier molecular flexibility index (Phi) is 9.70. The summed E-state index contributed by atoms with van der Waals surface area (Å²) >= 11 is 5.96. The summed E-state index contributed by atoms with van der Waals surface area (Å²) in [5, 5.41) is 24.4. The molecule has 4 aromatic rings. The maximum Gasteiger partial charge on any atom is 0.339 e. The first kappa shape index (κ1) is 29.3. The molecule has 0 aliphatic rings. The van der Waals surface area contributed by atoms with E-state index in [0.29, 0.717) is 34.3 Å². The standard InChI is InChI=1S/C30H29ClN4O6/c1-2-3-14-41-27-13-8-21(16-24(27)30(37)38)25(34-29(36)15-19-4-9-22(31)10-5-19)17-28-32-18-26(33-28)20-6-11-23(12-7-20)35(39)40/h4-13,16,18,25H,2-3,14-15,17H2,1H3,(H,32,33)(H,34,36)(H,37,38). The fourth-order valence-corrected chi connectivity index (χ4v) is 4.36. The van der Waals surface area contributed by atoms with E-state index in [1.165, 1.54) is 18.2 Å². The van der Waals surface area contributed by atoms with Gasteiger partial charge in [-0.1, -0.05) is 43.1 Å². The van der Waals surface area contributed by atoms with Gasteiger partial charge in [0.2, 0.25) is 5.91 Å². The molecule has 0 aliphatic heterocycles. The van der Waals surface area contributed by atoms with E-state index in [1.54, 1.807) is 54.7 Å². The van der Waals surface area contributed by atoms with Crippen molar-refractivity contribution >= 4 is 29.2 Å². The number of nitro groups is 1. The molecule has 1 aromatic heterocycles. The molecule has 1 unspecified atom stereocenters. The minimum absolute atomic E-state index is 0.00145. The molecule has 4 rings (SSSR count). The Bertz CT molecular complexity index is 1520. The molecular formula is C30H29ClN4O6. The van der Waals surface area contributed by atoms with E-state index < -0.39 is 16.9 Å². The Morgan fingerprint density at radius 2 is 1.85 bits per heavy atom. The van der Waals surface area contributed by atoms with Gasteiger partial charge in [0.25, 0.3) is 5.69 Å². The Hall–Kier alpha value is -4.70. The molecule has 41 heavy (non-hydrogen) atoms. The third-order valence-electron chi connectivity index (χ3n) is 6.42. The molecule has 1 atom stereocenters. The zero-order valence-electron chi connectivity index (χ0n) is 22.3. The number of imidazole rings is 1. The van der Waals surface area contributed by atoms with Gasteiger partial charge in [0.15, 0.2) is 0 Å². The molecule has 1 amide bonds. The lowest BCUT2D eigenvalue weighted by Crippen LogP contribution is -2.31. The zero-order valence-corrected chi connectivity index (χ0v) is 23.1. The normalized spacial score (nSPS) is 11.6. The lowest BCUT2D eigenvalue weighted by atomic mass is 9.99. The number of nitro benzene ring substituents is 1. The van der Waals surface area contributed by atoms with Gasteiger partial charge in [-0.25, -0.2) is 9.78 Å². The van der Waals surface area contributed by atoms with Crippen LogP contribution in [0.3, 0.4) is 0 Å². The number of unbranched alkanes of at least 4 members (excludes halogenated alkanes) is 1. The number of rotatable bonds is 13. The number of benzene rings is 3. The average Bonchev–Trinajstić information content (AvgIpc) is 3.42. The van der Waals surface area contributed by atoms with Crippen molar-refractivity contribution in [2.75, 3.05) is 6.61 Å². The van der Waals surface area contributed by atoms with Crippen molar-refractivity contribution in [1.29, 1.82) is 0 Å². The number of carbonyl (C=O) groups is 2. The summed E-state index contributed by atoms with van der Waals surface area (Å²) in [7, 11) is 0. The van der Waals surface area contributed by atoms with Crippen LogP contribution in [-0.2, 0) is 17.6 Å². The van der Waals surface area contributed by atoms with Crippen molar-refractivity contribution in [1.82, 2.24) is 15.3 Å². The van der Waals surface area contributed by atoms with Crippen LogP contribution in [0.2, 0.25) is 5.02 Å². The Morgan fingerprint density at radius 1 is 1.12 bits per heavy atom. The summed E-state index contributed by atoms with van der Waals surface area (Å²) in [6.45, 7) is 2.42. The van der Waals surface area contributed by atoms with Gasteiger partial charge < -0.3 is 20.1 Å². The third kappa shape index (κ3) is 7.92. The van der Waals surface area contributed by atoms with Gasteiger partial charge >= 0.3 is 5.97 Å². The van der Waals surface area contributed by atoms with Gasteiger partial charge in [-0.2, -0.15) is 0 Å². The second-order valence-corrected chi connectivity index (χ2v) is 9.87. The van der Waals surface area contributed by atoms with Crippen molar-refractivity contribution < 1.29 is 24.4 Å². The molecular weight excluding hydrogens is 548 g/mol. The highest BCUT2D eigenvalue weighted by Crippen LogP contribution is 2.27. The summed E-state index contributed by atoms with van der Waals surface area (Å²) < 4.78 is 5.70. The summed E-state index contributed by atoms with van der Waals surface area (Å²) in [5.74, 6) is -0.600. The minimum Gasteiger partial charge on any atom is -0.493 e. The van der Waals surface area contributed by atoms with Crippen LogP contribution in [-0.4, -0.2) is 38.5 Å². The number of halogens is 1. The monoisotopic (exact) mass is 576 g/mol. The molecule has 0 saturated carbocycles. The number of aromatic carboxylic acids is 1. The molecule has 3 N–H and O–H groups in total. The molecule has 3 aromatic carbocycles. The van der Waals surface area contributed by atoms with Gasteiger partial charge in [-0.15, -0.1) is 0 Å². The highest BCUT2D eigenvalue weighted by molar-refractivity contribution is 6.30. The summed E-state index contributed by atoms with van der Waals surface area (Å²) in [4.78, 5) is 43.3. The van der Waals surface area contributed by atoms with Crippen LogP contribution in [0.15, 0.2) is 72.9 Å². The minimum atomic E-state index is -1.14. The second kappa shape index (κ2) is 13.6. The summed E-state index contributed by atoms with van der Waals surface area (Å²) in [5.41, 5.74) is 2.68. The molecule has 0 fully saturated rings. The fraction of sp³-hybridized carbons (Fsp3) is 0.233. The first-order chi connectivity index (χ1) is 19.7. The average molecular weight is 577 g/mol. The van der Waals surface area contributed by atoms with Gasteiger partial charge in [0.1, 0.15) is 17.1 Å². The SMILES string of the molecule is CCCCOc1ccc(C(Cc2ncc(-c3ccc([N+](=O)[O-])cc3)[nH]2)NC(=O)Cc2ccc(Cl)cc2)cc1C(=O)O. The Morgan fingerprint density at radius 3 is 2.51 bits per heavy atom. The van der Waals surface area contributed by atoms with Crippen LogP contribution >= 0.6 is 11.6 Å². The van der Waals surface area contributed by atoms with Gasteiger partial charge in [-0.05, 0) is 53.9 Å². The number of hydrogen-bond acceptors (Lipinski definition) is 6. The number of amides is 1. The maximum absolute atomic E-state index is 13.1. The van der Waals surface area contributed by atoms with Gasteiger partial charge in [0.05, 0.1) is 35.9 Å². The molecule has 0 spiro atoms. The Labute approximate surface area is 241 Å². The third-order valence-corrected chi connectivity index (χ3v) is 6.67. The molecule has 0 radical (unpaired) electrons. The summed E-state index contributed by atoms with van der Waals surface area (Å²) in [6.07, 6.45) is 3.64. The van der Waals surface area contributed by atoms with Crippen molar-refractivity contribution in [2.24, 2.45) is 0 Å². The predicted molar refractivity (Wildman–Crippen MR) is 154 cm³/mol. The van der Waals surface area contributed by atoms with E-state index in [-0.39, 0.29) is 35.7 Å². The van der Waals surface area contributed by atoms with E-state index in [1.807, 2.05) is 6.92 Å². The fourth-order valence-electron chi connectivity index (χ4n) is 4.24. The van der Waals surface area contributed by atoms with Crippen molar-refractivity contribution in [3.8, 4) is 17.0 Å². The number of aromatic nitrogens is 2. The summed E-state index contributed by atoms with van der Waals surface area (Å²) in [6, 6.07) is 17.3. The lowest BCUT2D eigenvalue weighted by molar-refractivity contribution is -0.384. The van der Waals surface area contributed by atoms with Crippen LogP contribution in [0.4, 0.5) is 5.69 Å². The van der Waals surface area contributed by atoms with Crippen molar-refractivity contribution in [3.63, 3.8) is 0 Å². The number of carbonyl (C=O) groups excluding carboxylic acids is 1. The smallest absolute Gasteiger partial charge is 0.339 e. The maximum atomic E-state index is 13.1. The number of carboxylic acid groups (broad SMARTS) is 1. The van der Waals surface area contributed by atoms with Crippen LogP contribution in [0.25, 0.3) is 11.3 Å². The molecule has 10 nitrogen and oxygen atoms in total. The lowest BCUT2D eigenvalue weighted by Gasteiger charge is -2.20. The number of non-ortho nitro benzene ring substituents is 1. The predicted octanol–water partition coefficient (Wildman–Crippen LogP) is 6.16. The molecule has 0 aliphatic carbocycles. The van der Waals surface area contributed by atoms with E-state index in [0.717, 1.165) is 18.4 Å². The molecule has 11 heteroatoms. The number of ether oxygens (including phenoxy) is 1. The van der Waals surface area contributed by atoms with Crippen LogP contribution in [0.5, 0.6) is 5.75 Å². The highest BCUT2D eigenvalue weighted by atomic mass is 35.5. The van der Waals surface area contributed by atoms with Gasteiger partial charge in [-0.3, -0.25) is 14.9 Å². The topological polar surface area (TPSA) is 147 Å². The van der Waals surface area contributed by atoms with Gasteiger partial charge in [0, 0.05) is 29.1 Å². The zero-order chi connectivity index (χ0) is 29.4. The van der Waals surface area contributed by atoms with Crippen molar-refractivity contribution in [3.05, 3.63) is 111 Å². The molecule has 212 valence electrons. The quantitative estimate of drug-likeness (QED) is 0.0980. The van der Waals surface area contributed by atoms with Crippen LogP contribution < -0.4 is 10.1 Å². The van der Waals surface area contributed by atoms with E-state index in [2.05, 4.69) is 15.3 Å². The first-order valence-corrected chi connectivity index (χ1v) is 13.4. The van der Waals surface area contributed by atoms with Crippen molar-refractivity contribution in [2.45, 2.75) is 38.6 Å². The molecule has 1 heterocycles. The Balaban J connectivity index is 1.60. The highest BCUT2D eigenvalue weighted by Gasteiger charge is 2.21. The number of hydrogen-bond donors (Lipinski definition) is 3. The van der Waals surface area contributed by atoms with E-state index >= 15 is 0 Å². The van der Waals surface area contributed by atoms with Crippen LogP contribution in [0, 0.1) is 10.1 Å². The number of carboxylic acids is 1. The largest absolute Gasteiger partial charge is 0.493 e. The van der Waals surface area contributed by atoms with Crippen LogP contribution in [0.1, 0.15) is 53.1 Å². The second-order valence-electron chi connectivity index (χ2n) is 9.44. The number of nitrogens with one attached hydrogen (secondary N) is 2. The number of nitrogens with zero attached hydrogens (tertiary/aromatic N) is 2.